The summed E-state index contributed by atoms with van der Waals surface area (Å²) in [6.07, 6.45) is -0.382. The number of carbonyl (C=O) groups excluding carboxylic acids is 1. The van der Waals surface area contributed by atoms with Gasteiger partial charge in [0.1, 0.15) is 5.60 Å². The zero-order valence-corrected chi connectivity index (χ0v) is 13.1. The smallest absolute Gasteiger partial charge is 0.407 e. The summed E-state index contributed by atoms with van der Waals surface area (Å²) in [6.45, 7) is 7.36. The highest BCUT2D eigenvalue weighted by Crippen LogP contribution is 2.36. The molecule has 0 aromatic heterocycles. The van der Waals surface area contributed by atoms with Gasteiger partial charge in [0.05, 0.1) is 6.04 Å². The first kappa shape index (κ1) is 15.0. The number of amides is 1. The van der Waals surface area contributed by atoms with E-state index in [1.807, 2.05) is 39.0 Å². The van der Waals surface area contributed by atoms with Crippen molar-refractivity contribution in [2.24, 2.45) is 0 Å². The van der Waals surface area contributed by atoms with Gasteiger partial charge in [0.15, 0.2) is 11.5 Å². The number of alkyl carbamates (subject to hydrolysis) is 1. The van der Waals surface area contributed by atoms with Gasteiger partial charge in [0, 0.05) is 19.0 Å². The van der Waals surface area contributed by atoms with E-state index in [0.717, 1.165) is 30.2 Å². The molecule has 0 aliphatic carbocycles. The lowest BCUT2D eigenvalue weighted by Crippen LogP contribution is -2.42. The first-order chi connectivity index (χ1) is 10.4. The fourth-order valence-corrected chi connectivity index (χ4v) is 2.78. The number of hydrogen-bond acceptors (Lipinski definition) is 5. The van der Waals surface area contributed by atoms with E-state index < -0.39 is 5.60 Å². The van der Waals surface area contributed by atoms with Crippen LogP contribution in [0.4, 0.5) is 4.79 Å². The molecule has 2 N–H and O–H groups in total. The van der Waals surface area contributed by atoms with E-state index in [-0.39, 0.29) is 24.8 Å². The Morgan fingerprint density at radius 3 is 2.82 bits per heavy atom. The summed E-state index contributed by atoms with van der Waals surface area (Å²) in [5, 5.41) is 6.27. The third kappa shape index (κ3) is 3.27. The fourth-order valence-electron chi connectivity index (χ4n) is 2.78. The molecular formula is C16H22N2O4. The number of carbonyl (C=O) groups is 1. The minimum absolute atomic E-state index is 0.00442. The average Bonchev–Trinajstić information content (AvgIpc) is 3.03. The average molecular weight is 306 g/mol. The molecule has 0 unspecified atom stereocenters. The van der Waals surface area contributed by atoms with Gasteiger partial charge in [0.25, 0.3) is 0 Å². The number of nitrogens with one attached hydrogen (secondary N) is 2. The predicted octanol–water partition coefficient (Wildman–Crippen LogP) is 2.00. The van der Waals surface area contributed by atoms with Gasteiger partial charge in [-0.3, -0.25) is 0 Å². The lowest BCUT2D eigenvalue weighted by atomic mass is 9.94. The first-order valence-corrected chi connectivity index (χ1v) is 7.52. The Labute approximate surface area is 130 Å². The Morgan fingerprint density at radius 2 is 2.05 bits per heavy atom. The van der Waals surface area contributed by atoms with E-state index in [1.54, 1.807) is 0 Å². The summed E-state index contributed by atoms with van der Waals surface area (Å²) in [5.41, 5.74) is 0.625. The van der Waals surface area contributed by atoms with Crippen LogP contribution in [0.3, 0.4) is 0 Å². The second kappa shape index (κ2) is 5.68. The summed E-state index contributed by atoms with van der Waals surface area (Å²) < 4.78 is 16.1. The molecule has 6 heteroatoms. The molecule has 0 radical (unpaired) electrons. The highest BCUT2D eigenvalue weighted by Gasteiger charge is 2.32. The summed E-state index contributed by atoms with van der Waals surface area (Å²) >= 11 is 0. The van der Waals surface area contributed by atoms with E-state index in [2.05, 4.69) is 10.6 Å². The molecule has 2 atom stereocenters. The molecule has 0 bridgehead atoms. The fraction of sp³-hybridized carbons (Fsp3) is 0.562. The van der Waals surface area contributed by atoms with Crippen molar-refractivity contribution in [1.82, 2.24) is 10.6 Å². The van der Waals surface area contributed by atoms with E-state index >= 15 is 0 Å². The molecule has 6 nitrogen and oxygen atoms in total. The monoisotopic (exact) mass is 306 g/mol. The van der Waals surface area contributed by atoms with Crippen LogP contribution in [0.5, 0.6) is 11.5 Å². The minimum atomic E-state index is -0.496. The SMILES string of the molecule is CC(C)(C)OC(=O)N[C@@H]1CNC[C@H]1c1ccc2c(c1)OCO2. The van der Waals surface area contributed by atoms with Crippen LogP contribution in [-0.2, 0) is 4.74 Å². The Balaban J connectivity index is 1.69. The van der Waals surface area contributed by atoms with Crippen molar-refractivity contribution in [3.05, 3.63) is 23.8 Å². The Kier molecular flexibility index (Phi) is 3.87. The molecule has 0 saturated carbocycles. The van der Waals surface area contributed by atoms with Gasteiger partial charge >= 0.3 is 6.09 Å². The van der Waals surface area contributed by atoms with E-state index in [0.29, 0.717) is 0 Å². The molecule has 2 aliphatic heterocycles. The van der Waals surface area contributed by atoms with Crippen molar-refractivity contribution in [3.63, 3.8) is 0 Å². The largest absolute Gasteiger partial charge is 0.454 e. The van der Waals surface area contributed by atoms with Gasteiger partial charge in [-0.05, 0) is 38.5 Å². The molecule has 0 spiro atoms. The van der Waals surface area contributed by atoms with Gasteiger partial charge in [-0.2, -0.15) is 0 Å². The lowest BCUT2D eigenvalue weighted by molar-refractivity contribution is 0.0504. The van der Waals surface area contributed by atoms with E-state index in [1.165, 1.54) is 0 Å². The molecule has 1 fully saturated rings. The molecule has 2 heterocycles. The first-order valence-electron chi connectivity index (χ1n) is 7.52. The van der Waals surface area contributed by atoms with Gasteiger partial charge in [-0.1, -0.05) is 6.07 Å². The van der Waals surface area contributed by atoms with Crippen molar-refractivity contribution in [2.75, 3.05) is 19.9 Å². The van der Waals surface area contributed by atoms with Gasteiger partial charge < -0.3 is 24.8 Å². The highest BCUT2D eigenvalue weighted by atomic mass is 16.7. The van der Waals surface area contributed by atoms with Gasteiger partial charge in [-0.25, -0.2) is 4.79 Å². The van der Waals surface area contributed by atoms with Gasteiger partial charge in [0.2, 0.25) is 6.79 Å². The quantitative estimate of drug-likeness (QED) is 0.874. The maximum Gasteiger partial charge on any atom is 0.407 e. The molecule has 2 aliphatic rings. The van der Waals surface area contributed by atoms with Crippen molar-refractivity contribution in [2.45, 2.75) is 38.3 Å². The van der Waals surface area contributed by atoms with Crippen LogP contribution in [0.2, 0.25) is 0 Å². The van der Waals surface area contributed by atoms with E-state index in [4.69, 9.17) is 14.2 Å². The molecular weight excluding hydrogens is 284 g/mol. The summed E-state index contributed by atoms with van der Waals surface area (Å²) in [4.78, 5) is 12.0. The summed E-state index contributed by atoms with van der Waals surface area (Å²) in [5.74, 6) is 1.72. The Bertz CT molecular complexity index is 568. The predicted molar refractivity (Wildman–Crippen MR) is 81.3 cm³/mol. The van der Waals surface area contributed by atoms with Crippen LogP contribution in [0.25, 0.3) is 0 Å². The second-order valence-corrected chi connectivity index (χ2v) is 6.63. The standard InChI is InChI=1S/C16H22N2O4/c1-16(2,3)22-15(19)18-12-8-17-7-11(12)10-4-5-13-14(6-10)21-9-20-13/h4-6,11-12,17H,7-9H2,1-3H3,(H,18,19)/t11-,12+/m0/s1. The molecule has 3 rings (SSSR count). The van der Waals surface area contributed by atoms with Crippen molar-refractivity contribution >= 4 is 6.09 Å². The molecule has 1 aromatic rings. The minimum Gasteiger partial charge on any atom is -0.454 e. The maximum atomic E-state index is 12.0. The zero-order valence-electron chi connectivity index (χ0n) is 13.1. The molecule has 22 heavy (non-hydrogen) atoms. The molecule has 120 valence electrons. The van der Waals surface area contributed by atoms with E-state index in [9.17, 15) is 4.79 Å². The number of ether oxygens (including phenoxy) is 3. The molecule has 1 aromatic carbocycles. The number of rotatable bonds is 2. The van der Waals surface area contributed by atoms with Crippen LogP contribution >= 0.6 is 0 Å². The summed E-state index contributed by atoms with van der Waals surface area (Å²) in [7, 11) is 0. The third-order valence-corrected chi connectivity index (χ3v) is 3.74. The van der Waals surface area contributed by atoms with Crippen LogP contribution < -0.4 is 20.1 Å². The topological polar surface area (TPSA) is 68.8 Å². The zero-order chi connectivity index (χ0) is 15.7. The normalized spacial score (nSPS) is 23.4. The van der Waals surface area contributed by atoms with Crippen molar-refractivity contribution in [3.8, 4) is 11.5 Å². The number of hydrogen-bond donors (Lipinski definition) is 2. The van der Waals surface area contributed by atoms with Crippen LogP contribution in [0.15, 0.2) is 18.2 Å². The van der Waals surface area contributed by atoms with Crippen LogP contribution in [-0.4, -0.2) is 37.6 Å². The van der Waals surface area contributed by atoms with Crippen molar-refractivity contribution < 1.29 is 19.0 Å². The second-order valence-electron chi connectivity index (χ2n) is 6.63. The van der Waals surface area contributed by atoms with Crippen LogP contribution in [0.1, 0.15) is 32.3 Å². The van der Waals surface area contributed by atoms with Crippen molar-refractivity contribution in [1.29, 1.82) is 0 Å². The molecule has 1 amide bonds. The summed E-state index contributed by atoms with van der Waals surface area (Å²) in [6, 6.07) is 5.93. The Morgan fingerprint density at radius 1 is 1.27 bits per heavy atom. The number of benzene rings is 1. The number of fused-ring (bicyclic) bond motifs is 1. The highest BCUT2D eigenvalue weighted by molar-refractivity contribution is 5.68. The maximum absolute atomic E-state index is 12.0. The molecule has 1 saturated heterocycles. The third-order valence-electron chi connectivity index (χ3n) is 3.74. The van der Waals surface area contributed by atoms with Gasteiger partial charge in [-0.15, -0.1) is 0 Å². The lowest BCUT2D eigenvalue weighted by Gasteiger charge is -2.24. The Hall–Kier alpha value is -1.95. The van der Waals surface area contributed by atoms with Crippen LogP contribution in [0, 0.1) is 0 Å².